The van der Waals surface area contributed by atoms with Crippen LogP contribution in [-0.4, -0.2) is 51.9 Å². The smallest absolute Gasteiger partial charge is 0.331 e. The zero-order valence-electron chi connectivity index (χ0n) is 22.5. The molecule has 200 valence electrons. The largest absolute Gasteiger partial charge is 0.493 e. The minimum atomic E-state index is -1.48. The van der Waals surface area contributed by atoms with Crippen LogP contribution in [0.25, 0.3) is 11.1 Å². The number of methoxy groups -OCH3 is 4. The molecule has 9 nitrogen and oxygen atoms in total. The second-order valence-electron chi connectivity index (χ2n) is 9.66. The number of esters is 1. The van der Waals surface area contributed by atoms with Gasteiger partial charge in [-0.3, -0.25) is 0 Å². The quantitative estimate of drug-likeness (QED) is 0.437. The summed E-state index contributed by atoms with van der Waals surface area (Å²) in [6.45, 7) is 7.18. The summed E-state index contributed by atoms with van der Waals surface area (Å²) in [6.07, 6.45) is 0.730. The first-order valence-corrected chi connectivity index (χ1v) is 12.0. The Labute approximate surface area is 216 Å². The lowest BCUT2D eigenvalue weighted by Crippen LogP contribution is -2.43. The highest BCUT2D eigenvalue weighted by Gasteiger charge is 2.47. The van der Waals surface area contributed by atoms with Gasteiger partial charge in [0.05, 0.1) is 28.4 Å². The molecule has 1 aliphatic heterocycles. The fraction of sp³-hybridized carbons (Fsp3) is 0.464. The van der Waals surface area contributed by atoms with Gasteiger partial charge in [-0.1, -0.05) is 12.5 Å². The van der Waals surface area contributed by atoms with E-state index in [0.717, 1.165) is 11.1 Å². The third kappa shape index (κ3) is 4.41. The van der Waals surface area contributed by atoms with Crippen LogP contribution in [0.2, 0.25) is 0 Å². The molecule has 1 heterocycles. The van der Waals surface area contributed by atoms with Gasteiger partial charge in [0.2, 0.25) is 18.3 Å². The number of hydrogen-bond acceptors (Lipinski definition) is 9. The number of hydrogen-bond donors (Lipinski definition) is 1. The summed E-state index contributed by atoms with van der Waals surface area (Å²) in [4.78, 5) is 12.9. The van der Waals surface area contributed by atoms with Crippen molar-refractivity contribution in [2.24, 2.45) is 5.92 Å². The van der Waals surface area contributed by atoms with E-state index in [2.05, 4.69) is 0 Å². The molecule has 0 unspecified atom stereocenters. The Balaban J connectivity index is 2.15. The van der Waals surface area contributed by atoms with E-state index in [-0.39, 0.29) is 12.7 Å². The van der Waals surface area contributed by atoms with Crippen molar-refractivity contribution in [2.45, 2.75) is 45.8 Å². The fourth-order valence-corrected chi connectivity index (χ4v) is 5.01. The number of aliphatic hydroxyl groups is 1. The van der Waals surface area contributed by atoms with Gasteiger partial charge in [0, 0.05) is 22.8 Å². The van der Waals surface area contributed by atoms with Gasteiger partial charge in [0.15, 0.2) is 29.1 Å². The lowest BCUT2D eigenvalue weighted by atomic mass is 9.73. The maximum Gasteiger partial charge on any atom is 0.331 e. The molecule has 0 amide bonds. The molecule has 0 radical (unpaired) electrons. The fourth-order valence-electron chi connectivity index (χ4n) is 5.01. The first kappa shape index (κ1) is 26.5. The Bertz CT molecular complexity index is 1240. The van der Waals surface area contributed by atoms with Crippen molar-refractivity contribution >= 4 is 5.97 Å². The first-order chi connectivity index (χ1) is 17.6. The Morgan fingerprint density at radius 3 is 2.27 bits per heavy atom. The molecule has 0 aromatic heterocycles. The van der Waals surface area contributed by atoms with Gasteiger partial charge >= 0.3 is 5.97 Å². The lowest BCUT2D eigenvalue weighted by molar-refractivity contribution is -0.165. The van der Waals surface area contributed by atoms with Gasteiger partial charge in [-0.2, -0.15) is 0 Å². The van der Waals surface area contributed by atoms with E-state index in [0.29, 0.717) is 57.6 Å². The standard InChI is InChI=1S/C28H34O9/c1-14(2)9-20(29)37-27-17-12-19-24(36-13-35-19)26(34-8)22(17)21-16(10-15(3)28(27,4)30)11-18(31-5)23(32-6)25(21)33-7/h9,11-12,15,27,30H,10,13H2,1-8H3/t15-,27-,28-/m0/s1. The molecule has 3 atom stereocenters. The van der Waals surface area contributed by atoms with Gasteiger partial charge < -0.3 is 38.3 Å². The predicted molar refractivity (Wildman–Crippen MR) is 136 cm³/mol. The monoisotopic (exact) mass is 514 g/mol. The summed E-state index contributed by atoms with van der Waals surface area (Å²) < 4.78 is 40.5. The molecule has 0 saturated carbocycles. The molecule has 0 fully saturated rings. The highest BCUT2D eigenvalue weighted by Crippen LogP contribution is 2.59. The van der Waals surface area contributed by atoms with Crippen LogP contribution in [0.15, 0.2) is 23.8 Å². The van der Waals surface area contributed by atoms with Crippen LogP contribution in [-0.2, 0) is 16.0 Å². The molecule has 1 N–H and O–H groups in total. The number of rotatable bonds is 6. The highest BCUT2D eigenvalue weighted by atomic mass is 16.7. The summed E-state index contributed by atoms with van der Waals surface area (Å²) in [5.41, 5.74) is 1.82. The second-order valence-corrected chi connectivity index (χ2v) is 9.66. The van der Waals surface area contributed by atoms with Gasteiger partial charge in [-0.05, 0) is 50.8 Å². The number of allylic oxidation sites excluding steroid dienone is 1. The van der Waals surface area contributed by atoms with Crippen LogP contribution >= 0.6 is 0 Å². The zero-order valence-corrected chi connectivity index (χ0v) is 22.5. The first-order valence-electron chi connectivity index (χ1n) is 12.0. The van der Waals surface area contributed by atoms with Crippen molar-refractivity contribution in [3.63, 3.8) is 0 Å². The highest BCUT2D eigenvalue weighted by molar-refractivity contribution is 5.89. The molecule has 2 aliphatic rings. The minimum Gasteiger partial charge on any atom is -0.493 e. The number of benzene rings is 2. The van der Waals surface area contributed by atoms with Crippen molar-refractivity contribution in [3.8, 4) is 45.6 Å². The van der Waals surface area contributed by atoms with Crippen molar-refractivity contribution in [1.29, 1.82) is 0 Å². The molecule has 9 heteroatoms. The number of ether oxygens (including phenoxy) is 7. The second kappa shape index (κ2) is 10.0. The average molecular weight is 515 g/mol. The van der Waals surface area contributed by atoms with E-state index in [1.165, 1.54) is 20.3 Å². The van der Waals surface area contributed by atoms with Crippen LogP contribution in [0, 0.1) is 5.92 Å². The maximum atomic E-state index is 12.9. The molecule has 2 aromatic rings. The molecule has 2 aromatic carbocycles. The van der Waals surface area contributed by atoms with Crippen LogP contribution in [0.1, 0.15) is 44.9 Å². The summed E-state index contributed by atoms with van der Waals surface area (Å²) in [5.74, 6) is 1.56. The molecule has 0 saturated heterocycles. The van der Waals surface area contributed by atoms with Crippen LogP contribution < -0.4 is 28.4 Å². The van der Waals surface area contributed by atoms with E-state index >= 15 is 0 Å². The summed E-state index contributed by atoms with van der Waals surface area (Å²) in [7, 11) is 6.15. The van der Waals surface area contributed by atoms with Gasteiger partial charge in [-0.25, -0.2) is 4.79 Å². The van der Waals surface area contributed by atoms with Crippen molar-refractivity contribution < 1.29 is 43.1 Å². The van der Waals surface area contributed by atoms with Crippen molar-refractivity contribution in [3.05, 3.63) is 34.9 Å². The van der Waals surface area contributed by atoms with Gasteiger partial charge in [0.25, 0.3) is 0 Å². The summed E-state index contributed by atoms with van der Waals surface area (Å²) >= 11 is 0. The number of carbonyl (C=O) groups is 1. The van der Waals surface area contributed by atoms with Crippen molar-refractivity contribution in [1.82, 2.24) is 0 Å². The average Bonchev–Trinajstić information content (AvgIpc) is 3.32. The van der Waals surface area contributed by atoms with Crippen molar-refractivity contribution in [2.75, 3.05) is 35.2 Å². The molecule has 1 aliphatic carbocycles. The Morgan fingerprint density at radius 2 is 1.68 bits per heavy atom. The number of fused-ring (bicyclic) bond motifs is 4. The molecular formula is C28H34O9. The van der Waals surface area contributed by atoms with Crippen LogP contribution in [0.3, 0.4) is 0 Å². The molecule has 4 rings (SSSR count). The van der Waals surface area contributed by atoms with E-state index in [1.54, 1.807) is 41.1 Å². The molecule has 37 heavy (non-hydrogen) atoms. The van der Waals surface area contributed by atoms with E-state index < -0.39 is 17.7 Å². The van der Waals surface area contributed by atoms with E-state index in [1.807, 2.05) is 13.0 Å². The normalized spacial score (nSPS) is 21.5. The Morgan fingerprint density at radius 1 is 1.00 bits per heavy atom. The molecule has 0 spiro atoms. The van der Waals surface area contributed by atoms with Gasteiger partial charge in [0.1, 0.15) is 5.60 Å². The van der Waals surface area contributed by atoms with Crippen LogP contribution in [0.5, 0.6) is 34.5 Å². The zero-order chi connectivity index (χ0) is 27.1. The third-order valence-corrected chi connectivity index (χ3v) is 6.99. The van der Waals surface area contributed by atoms with E-state index in [4.69, 9.17) is 33.2 Å². The Kier molecular flexibility index (Phi) is 7.19. The predicted octanol–water partition coefficient (Wildman–Crippen LogP) is 4.61. The Hall–Kier alpha value is -3.59. The summed E-state index contributed by atoms with van der Waals surface area (Å²) in [5, 5.41) is 11.9. The minimum absolute atomic E-state index is 0.000467. The van der Waals surface area contributed by atoms with Crippen LogP contribution in [0.4, 0.5) is 0 Å². The summed E-state index contributed by atoms with van der Waals surface area (Å²) in [6, 6.07) is 3.60. The molecular weight excluding hydrogens is 480 g/mol. The SMILES string of the molecule is COc1cc2c(c(OC)c1OC)-c1c(cc3c(c1OC)OCO3)[C@H](OC(=O)C=C(C)C)[C@@](C)(O)[C@@H](C)C2. The topological polar surface area (TPSA) is 102 Å². The van der Waals surface area contributed by atoms with Gasteiger partial charge in [-0.15, -0.1) is 0 Å². The third-order valence-electron chi connectivity index (χ3n) is 6.99. The molecule has 0 bridgehead atoms. The lowest BCUT2D eigenvalue weighted by Gasteiger charge is -2.41. The maximum absolute atomic E-state index is 12.9. The number of carbonyl (C=O) groups excluding carboxylic acids is 1. The van der Waals surface area contributed by atoms with E-state index in [9.17, 15) is 9.90 Å².